The summed E-state index contributed by atoms with van der Waals surface area (Å²) in [6, 6.07) is 9.57. The number of rotatable bonds is 4. The van der Waals surface area contributed by atoms with Crippen LogP contribution in [0.25, 0.3) is 16.7 Å². The summed E-state index contributed by atoms with van der Waals surface area (Å²) in [5, 5.41) is 18.3. The van der Waals surface area contributed by atoms with Crippen molar-refractivity contribution in [3.8, 4) is 6.07 Å². The van der Waals surface area contributed by atoms with Gasteiger partial charge in [0.15, 0.2) is 5.16 Å². The van der Waals surface area contributed by atoms with Crippen LogP contribution in [0, 0.1) is 11.3 Å². The molecule has 0 atom stereocenters. The highest BCUT2D eigenvalue weighted by Crippen LogP contribution is 2.21. The Bertz CT molecular complexity index is 905. The van der Waals surface area contributed by atoms with Crippen LogP contribution in [0.4, 0.5) is 0 Å². The van der Waals surface area contributed by atoms with Gasteiger partial charge in [0.05, 0.1) is 17.0 Å². The normalized spacial score (nSPS) is 11.0. The molecule has 0 saturated heterocycles. The second-order valence-corrected chi connectivity index (χ2v) is 5.67. The van der Waals surface area contributed by atoms with E-state index in [9.17, 15) is 4.79 Å². The van der Waals surface area contributed by atoms with Crippen molar-refractivity contribution in [2.75, 3.05) is 5.75 Å². The van der Waals surface area contributed by atoms with Gasteiger partial charge in [-0.25, -0.2) is 0 Å². The number of aryl methyl sites for hydroxylation is 1. The van der Waals surface area contributed by atoms with Crippen LogP contribution in [0.15, 0.2) is 34.2 Å². The Morgan fingerprint density at radius 1 is 1.33 bits per heavy atom. The highest BCUT2D eigenvalue weighted by Gasteiger charge is 2.14. The lowest BCUT2D eigenvalue weighted by molar-refractivity contribution is 0.853. The molecular formula is C14H13N5OS. The van der Waals surface area contributed by atoms with Crippen molar-refractivity contribution in [1.29, 1.82) is 5.26 Å². The first-order chi connectivity index (χ1) is 10.2. The molecule has 0 aliphatic rings. The number of nitriles is 1. The van der Waals surface area contributed by atoms with Crippen LogP contribution in [0.3, 0.4) is 0 Å². The fraction of sp³-hybridized carbons (Fsp3) is 0.286. The van der Waals surface area contributed by atoms with Gasteiger partial charge in [0.25, 0.3) is 5.56 Å². The summed E-state index contributed by atoms with van der Waals surface area (Å²) in [5.74, 6) is 1.33. The number of fused-ring (bicyclic) bond motifs is 3. The maximum absolute atomic E-state index is 12.3. The monoisotopic (exact) mass is 299 g/mol. The van der Waals surface area contributed by atoms with E-state index in [-0.39, 0.29) is 5.56 Å². The first kappa shape index (κ1) is 13.6. The van der Waals surface area contributed by atoms with Gasteiger partial charge in [-0.2, -0.15) is 5.26 Å². The number of unbranched alkanes of at least 4 members (excludes halogenated alkanes) is 1. The Labute approximate surface area is 125 Å². The molecule has 21 heavy (non-hydrogen) atoms. The molecule has 7 heteroatoms. The van der Waals surface area contributed by atoms with E-state index < -0.39 is 0 Å². The summed E-state index contributed by atoms with van der Waals surface area (Å²) in [6.45, 7) is 0. The van der Waals surface area contributed by atoms with Crippen molar-refractivity contribution in [3.63, 3.8) is 0 Å². The van der Waals surface area contributed by atoms with Crippen molar-refractivity contribution in [2.45, 2.75) is 18.0 Å². The van der Waals surface area contributed by atoms with Crippen LogP contribution in [0.1, 0.15) is 12.8 Å². The largest absolute Gasteiger partial charge is 0.279 e. The number of benzene rings is 1. The number of hydrogen-bond donors (Lipinski definition) is 0. The predicted molar refractivity (Wildman–Crippen MR) is 81.3 cm³/mol. The van der Waals surface area contributed by atoms with Crippen molar-refractivity contribution in [2.24, 2.45) is 7.05 Å². The zero-order valence-corrected chi connectivity index (χ0v) is 12.3. The molecule has 0 unspecified atom stereocenters. The Kier molecular flexibility index (Phi) is 3.62. The van der Waals surface area contributed by atoms with Gasteiger partial charge in [-0.15, -0.1) is 10.2 Å². The molecule has 0 aliphatic carbocycles. The van der Waals surface area contributed by atoms with E-state index in [1.807, 2.05) is 22.6 Å². The summed E-state index contributed by atoms with van der Waals surface area (Å²) in [4.78, 5) is 12.3. The van der Waals surface area contributed by atoms with E-state index in [0.717, 1.165) is 22.8 Å². The van der Waals surface area contributed by atoms with Gasteiger partial charge in [0, 0.05) is 19.2 Å². The Balaban J connectivity index is 2.16. The van der Waals surface area contributed by atoms with Crippen molar-refractivity contribution >= 4 is 28.4 Å². The van der Waals surface area contributed by atoms with E-state index in [4.69, 9.17) is 5.26 Å². The van der Waals surface area contributed by atoms with E-state index in [0.29, 0.717) is 17.6 Å². The third-order valence-electron chi connectivity index (χ3n) is 3.26. The van der Waals surface area contributed by atoms with Crippen molar-refractivity contribution in [1.82, 2.24) is 19.2 Å². The van der Waals surface area contributed by atoms with Crippen LogP contribution < -0.4 is 5.56 Å². The fourth-order valence-corrected chi connectivity index (χ4v) is 3.10. The average Bonchev–Trinajstić information content (AvgIpc) is 2.93. The Morgan fingerprint density at radius 2 is 2.14 bits per heavy atom. The van der Waals surface area contributed by atoms with E-state index in [1.54, 1.807) is 24.9 Å². The molecule has 1 aromatic carbocycles. The SMILES string of the molecule is Cn1c(=O)c2ccccc2n2c(SCCCC#N)nnc12. The third kappa shape index (κ3) is 2.28. The molecule has 0 spiro atoms. The Morgan fingerprint density at radius 3 is 2.95 bits per heavy atom. The molecule has 3 aromatic rings. The standard InChI is InChI=1S/C14H13N5OS/c1-18-12(20)10-6-2-3-7-11(10)19-13(18)16-17-14(19)21-9-5-4-8-15/h2-3,6-7H,4-5,9H2,1H3. The van der Waals surface area contributed by atoms with Gasteiger partial charge in [-0.3, -0.25) is 13.8 Å². The molecule has 3 rings (SSSR count). The second kappa shape index (κ2) is 5.58. The van der Waals surface area contributed by atoms with Crippen LogP contribution in [-0.2, 0) is 7.05 Å². The molecular weight excluding hydrogens is 286 g/mol. The number of para-hydroxylation sites is 1. The lowest BCUT2D eigenvalue weighted by Crippen LogP contribution is -2.20. The average molecular weight is 299 g/mol. The third-order valence-corrected chi connectivity index (χ3v) is 4.28. The quantitative estimate of drug-likeness (QED) is 0.544. The highest BCUT2D eigenvalue weighted by atomic mass is 32.2. The summed E-state index contributed by atoms with van der Waals surface area (Å²) in [6.07, 6.45) is 1.34. The van der Waals surface area contributed by atoms with E-state index in [1.165, 1.54) is 4.57 Å². The van der Waals surface area contributed by atoms with Gasteiger partial charge in [-0.05, 0) is 18.6 Å². The molecule has 2 aromatic heterocycles. The highest BCUT2D eigenvalue weighted by molar-refractivity contribution is 7.99. The van der Waals surface area contributed by atoms with Crippen LogP contribution in [0.2, 0.25) is 0 Å². The molecule has 0 fully saturated rings. The zero-order valence-electron chi connectivity index (χ0n) is 11.5. The molecule has 6 nitrogen and oxygen atoms in total. The van der Waals surface area contributed by atoms with Crippen molar-refractivity contribution in [3.05, 3.63) is 34.6 Å². The lowest BCUT2D eigenvalue weighted by Gasteiger charge is -2.07. The molecule has 0 N–H and O–H groups in total. The predicted octanol–water partition coefficient (Wildman–Crippen LogP) is 1.98. The topological polar surface area (TPSA) is 76.0 Å². The Hall–Kier alpha value is -2.33. The minimum absolute atomic E-state index is 0.0773. The molecule has 0 saturated carbocycles. The molecule has 0 radical (unpaired) electrons. The van der Waals surface area contributed by atoms with E-state index in [2.05, 4.69) is 16.3 Å². The number of thioether (sulfide) groups is 1. The minimum Gasteiger partial charge on any atom is -0.279 e. The molecule has 2 heterocycles. The second-order valence-electron chi connectivity index (χ2n) is 4.61. The van der Waals surface area contributed by atoms with Crippen LogP contribution >= 0.6 is 11.8 Å². The first-order valence-electron chi connectivity index (χ1n) is 6.56. The van der Waals surface area contributed by atoms with Crippen LogP contribution in [-0.4, -0.2) is 24.9 Å². The van der Waals surface area contributed by atoms with Crippen LogP contribution in [0.5, 0.6) is 0 Å². The lowest BCUT2D eigenvalue weighted by atomic mass is 10.2. The van der Waals surface area contributed by atoms with Gasteiger partial charge in [-0.1, -0.05) is 23.9 Å². The maximum atomic E-state index is 12.3. The first-order valence-corrected chi connectivity index (χ1v) is 7.55. The maximum Gasteiger partial charge on any atom is 0.262 e. The summed E-state index contributed by atoms with van der Waals surface area (Å²) >= 11 is 1.55. The van der Waals surface area contributed by atoms with Gasteiger partial charge in [0.1, 0.15) is 0 Å². The number of nitrogens with zero attached hydrogens (tertiary/aromatic N) is 5. The minimum atomic E-state index is -0.0773. The fourth-order valence-electron chi connectivity index (χ4n) is 2.22. The molecule has 0 aliphatic heterocycles. The summed E-state index contributed by atoms with van der Waals surface area (Å²) in [7, 11) is 1.70. The smallest absolute Gasteiger partial charge is 0.262 e. The summed E-state index contributed by atoms with van der Waals surface area (Å²) in [5.41, 5.74) is 0.731. The zero-order chi connectivity index (χ0) is 14.8. The van der Waals surface area contributed by atoms with Crippen molar-refractivity contribution < 1.29 is 0 Å². The number of aromatic nitrogens is 4. The summed E-state index contributed by atoms with van der Waals surface area (Å²) < 4.78 is 3.41. The number of hydrogen-bond acceptors (Lipinski definition) is 5. The van der Waals surface area contributed by atoms with Gasteiger partial charge in [0.2, 0.25) is 5.78 Å². The molecule has 0 amide bonds. The van der Waals surface area contributed by atoms with E-state index >= 15 is 0 Å². The van der Waals surface area contributed by atoms with Gasteiger partial charge >= 0.3 is 0 Å². The van der Waals surface area contributed by atoms with Gasteiger partial charge < -0.3 is 0 Å². The molecule has 0 bridgehead atoms. The molecule has 106 valence electrons.